The Morgan fingerprint density at radius 2 is 2.10 bits per heavy atom. The van der Waals surface area contributed by atoms with Crippen molar-refractivity contribution in [1.29, 1.82) is 0 Å². The summed E-state index contributed by atoms with van der Waals surface area (Å²) in [5.74, 6) is -0.318. The lowest BCUT2D eigenvalue weighted by Crippen LogP contribution is -2.16. The number of rotatable bonds is 3. The quantitative estimate of drug-likeness (QED) is 0.809. The van der Waals surface area contributed by atoms with Crippen LogP contribution in [0.5, 0.6) is 0 Å². The zero-order chi connectivity index (χ0) is 14.8. The number of halogens is 2. The Labute approximate surface area is 124 Å². The number of nitrogens with zero attached hydrogens (tertiary/aromatic N) is 2. The summed E-state index contributed by atoms with van der Waals surface area (Å²) < 4.78 is 14.5. The van der Waals surface area contributed by atoms with Gasteiger partial charge in [-0.2, -0.15) is 0 Å². The van der Waals surface area contributed by atoms with Crippen molar-refractivity contribution < 1.29 is 4.39 Å². The maximum Gasteiger partial charge on any atom is 0.258 e. The van der Waals surface area contributed by atoms with Crippen LogP contribution in [0.3, 0.4) is 0 Å². The van der Waals surface area contributed by atoms with Gasteiger partial charge in [0.05, 0.1) is 17.3 Å². The minimum atomic E-state index is -0.318. The van der Waals surface area contributed by atoms with Crippen LogP contribution in [0.15, 0.2) is 53.5 Å². The Morgan fingerprint density at radius 1 is 1.24 bits per heavy atom. The maximum absolute atomic E-state index is 13.1. The molecule has 0 aliphatic rings. The summed E-state index contributed by atoms with van der Waals surface area (Å²) in [6.07, 6.45) is 1.52. The molecule has 6 heteroatoms. The highest BCUT2D eigenvalue weighted by Gasteiger charge is 2.03. The molecule has 2 aromatic heterocycles. The minimum absolute atomic E-state index is 0.210. The molecule has 0 atom stereocenters. The highest BCUT2D eigenvalue weighted by Crippen LogP contribution is 2.11. The second-order valence-corrected chi connectivity index (χ2v) is 4.96. The molecule has 0 aliphatic heterocycles. The van der Waals surface area contributed by atoms with Crippen LogP contribution in [0.25, 0.3) is 5.65 Å². The molecule has 0 amide bonds. The van der Waals surface area contributed by atoms with E-state index in [0.29, 0.717) is 28.6 Å². The normalized spacial score (nSPS) is 10.8. The van der Waals surface area contributed by atoms with Gasteiger partial charge in [0.2, 0.25) is 0 Å². The number of nitrogens with one attached hydrogen (secondary N) is 1. The number of fused-ring (bicyclic) bond motifs is 1. The van der Waals surface area contributed by atoms with Gasteiger partial charge in [-0.3, -0.25) is 9.20 Å². The second kappa shape index (κ2) is 5.54. The van der Waals surface area contributed by atoms with Crippen molar-refractivity contribution in [1.82, 2.24) is 9.38 Å². The van der Waals surface area contributed by atoms with Gasteiger partial charge in [-0.25, -0.2) is 9.37 Å². The van der Waals surface area contributed by atoms with E-state index in [-0.39, 0.29) is 11.4 Å². The molecule has 106 valence electrons. The van der Waals surface area contributed by atoms with Crippen LogP contribution in [0.2, 0.25) is 5.02 Å². The molecule has 21 heavy (non-hydrogen) atoms. The van der Waals surface area contributed by atoms with Crippen LogP contribution in [-0.4, -0.2) is 9.38 Å². The summed E-state index contributed by atoms with van der Waals surface area (Å²) >= 11 is 5.85. The van der Waals surface area contributed by atoms with Gasteiger partial charge in [0.1, 0.15) is 11.5 Å². The average molecular weight is 304 g/mol. The van der Waals surface area contributed by atoms with E-state index in [2.05, 4.69) is 10.3 Å². The highest BCUT2D eigenvalue weighted by atomic mass is 35.5. The molecule has 0 unspecified atom stereocenters. The van der Waals surface area contributed by atoms with Crippen molar-refractivity contribution in [2.24, 2.45) is 0 Å². The number of anilines is 1. The Morgan fingerprint density at radius 3 is 2.90 bits per heavy atom. The molecule has 4 nitrogen and oxygen atoms in total. The number of aromatic nitrogens is 2. The smallest absolute Gasteiger partial charge is 0.258 e. The van der Waals surface area contributed by atoms with Gasteiger partial charge >= 0.3 is 0 Å². The third kappa shape index (κ3) is 3.03. The predicted molar refractivity (Wildman–Crippen MR) is 80.2 cm³/mol. The molecule has 0 saturated carbocycles. The minimum Gasteiger partial charge on any atom is -0.379 e. The summed E-state index contributed by atoms with van der Waals surface area (Å²) in [5, 5.41) is 3.50. The van der Waals surface area contributed by atoms with E-state index in [4.69, 9.17) is 11.6 Å². The lowest BCUT2D eigenvalue weighted by Gasteiger charge is -2.07. The van der Waals surface area contributed by atoms with E-state index in [1.54, 1.807) is 24.3 Å². The maximum atomic E-state index is 13.1. The zero-order valence-electron chi connectivity index (χ0n) is 10.9. The third-order valence-corrected chi connectivity index (χ3v) is 3.20. The van der Waals surface area contributed by atoms with Gasteiger partial charge in [0.25, 0.3) is 5.56 Å². The van der Waals surface area contributed by atoms with E-state index in [1.807, 2.05) is 0 Å². The molecule has 2 heterocycles. The summed E-state index contributed by atoms with van der Waals surface area (Å²) in [5.41, 5.74) is 1.51. The summed E-state index contributed by atoms with van der Waals surface area (Å²) in [7, 11) is 0. The molecule has 1 N–H and O–H groups in total. The molecule has 0 spiro atoms. The second-order valence-electron chi connectivity index (χ2n) is 4.53. The van der Waals surface area contributed by atoms with Gasteiger partial charge in [0.15, 0.2) is 0 Å². The van der Waals surface area contributed by atoms with E-state index >= 15 is 0 Å². The van der Waals surface area contributed by atoms with Gasteiger partial charge < -0.3 is 5.32 Å². The Bertz CT molecular complexity index is 863. The van der Waals surface area contributed by atoms with E-state index < -0.39 is 0 Å². The molecule has 3 rings (SSSR count). The fourth-order valence-corrected chi connectivity index (χ4v) is 2.17. The fraction of sp³-hybridized carbons (Fsp3) is 0.0667. The van der Waals surface area contributed by atoms with Crippen molar-refractivity contribution >= 4 is 22.9 Å². The zero-order valence-corrected chi connectivity index (χ0v) is 11.6. The van der Waals surface area contributed by atoms with E-state index in [9.17, 15) is 9.18 Å². The lowest BCUT2D eigenvalue weighted by molar-refractivity contribution is 0.628. The van der Waals surface area contributed by atoms with Crippen molar-refractivity contribution in [3.8, 4) is 0 Å². The first-order chi connectivity index (χ1) is 10.1. The highest BCUT2D eigenvalue weighted by molar-refractivity contribution is 6.30. The number of hydrogen-bond acceptors (Lipinski definition) is 3. The molecule has 0 radical (unpaired) electrons. The first-order valence-corrected chi connectivity index (χ1v) is 6.67. The Hall–Kier alpha value is -2.40. The van der Waals surface area contributed by atoms with Gasteiger partial charge in [-0.1, -0.05) is 17.7 Å². The van der Waals surface area contributed by atoms with Crippen LogP contribution in [0.4, 0.5) is 10.1 Å². The van der Waals surface area contributed by atoms with Gasteiger partial charge in [-0.05, 0) is 30.3 Å². The molecule has 0 aliphatic carbocycles. The number of hydrogen-bond donors (Lipinski definition) is 1. The monoisotopic (exact) mass is 303 g/mol. The third-order valence-electron chi connectivity index (χ3n) is 2.97. The van der Waals surface area contributed by atoms with Crippen molar-refractivity contribution in [2.75, 3.05) is 5.32 Å². The van der Waals surface area contributed by atoms with Gasteiger partial charge in [0, 0.05) is 18.0 Å². The standard InChI is InChI=1S/C15H11ClFN3O/c16-10-4-5-14-19-13(7-15(21)20(14)9-10)8-18-12-3-1-2-11(17)6-12/h1-7,9,18H,8H2. The van der Waals surface area contributed by atoms with Crippen LogP contribution in [0.1, 0.15) is 5.69 Å². The topological polar surface area (TPSA) is 46.4 Å². The number of pyridine rings is 1. The van der Waals surface area contributed by atoms with Crippen LogP contribution in [0, 0.1) is 5.82 Å². The van der Waals surface area contributed by atoms with E-state index in [0.717, 1.165) is 0 Å². The molecule has 0 saturated heterocycles. The average Bonchev–Trinajstić information content (AvgIpc) is 2.46. The number of benzene rings is 1. The Balaban J connectivity index is 1.88. The fourth-order valence-electron chi connectivity index (χ4n) is 2.01. The van der Waals surface area contributed by atoms with Crippen molar-refractivity contribution in [2.45, 2.75) is 6.54 Å². The SMILES string of the molecule is O=c1cc(CNc2cccc(F)c2)nc2ccc(Cl)cn12. The molecule has 0 bridgehead atoms. The molecular formula is C15H11ClFN3O. The van der Waals surface area contributed by atoms with Gasteiger partial charge in [-0.15, -0.1) is 0 Å². The first-order valence-electron chi connectivity index (χ1n) is 6.29. The van der Waals surface area contributed by atoms with E-state index in [1.165, 1.54) is 28.8 Å². The van der Waals surface area contributed by atoms with Crippen LogP contribution < -0.4 is 10.9 Å². The summed E-state index contributed by atoms with van der Waals surface area (Å²) in [4.78, 5) is 16.4. The van der Waals surface area contributed by atoms with Crippen molar-refractivity contribution in [3.63, 3.8) is 0 Å². The predicted octanol–water partition coefficient (Wildman–Crippen LogP) is 3.10. The van der Waals surface area contributed by atoms with Crippen LogP contribution in [-0.2, 0) is 6.54 Å². The lowest BCUT2D eigenvalue weighted by atomic mass is 10.3. The van der Waals surface area contributed by atoms with Crippen molar-refractivity contribution in [3.05, 3.63) is 75.5 Å². The molecule has 0 fully saturated rings. The van der Waals surface area contributed by atoms with Crippen LogP contribution >= 0.6 is 11.6 Å². The Kier molecular flexibility index (Phi) is 3.58. The summed E-state index contributed by atoms with van der Waals surface area (Å²) in [6.45, 7) is 0.331. The summed E-state index contributed by atoms with van der Waals surface area (Å²) in [6, 6.07) is 10.9. The molecule has 3 aromatic rings. The first kappa shape index (κ1) is 13.6. The largest absolute Gasteiger partial charge is 0.379 e. The molecular weight excluding hydrogens is 293 g/mol. The molecule has 1 aromatic carbocycles.